The molecule has 1 atom stereocenters. The summed E-state index contributed by atoms with van der Waals surface area (Å²) >= 11 is 3.41. The van der Waals surface area contributed by atoms with E-state index in [0.29, 0.717) is 37.0 Å². The Morgan fingerprint density at radius 3 is 2.52 bits per heavy atom. The van der Waals surface area contributed by atoms with Crippen LogP contribution in [0.4, 0.5) is 0 Å². The maximum atomic E-state index is 12.5. The van der Waals surface area contributed by atoms with E-state index in [1.165, 1.54) is 0 Å². The fourth-order valence-corrected chi connectivity index (χ4v) is 2.83. The van der Waals surface area contributed by atoms with Gasteiger partial charge in [0.1, 0.15) is 0 Å². The van der Waals surface area contributed by atoms with Crippen molar-refractivity contribution in [1.82, 2.24) is 15.0 Å². The van der Waals surface area contributed by atoms with Crippen LogP contribution < -0.4 is 0 Å². The Morgan fingerprint density at radius 2 is 1.92 bits per heavy atom. The standard InChI is InChI=1S/C19H26BrN3O2/c1-5-14(4)23(18(24)12-13(2)3)11-10-17-21-19(22-25-17)15-6-8-16(20)9-7-15/h6-9,13-14H,5,10-12H2,1-4H3/t14-/m1/s1. The van der Waals surface area contributed by atoms with E-state index in [1.54, 1.807) is 0 Å². The van der Waals surface area contributed by atoms with E-state index in [4.69, 9.17) is 4.52 Å². The van der Waals surface area contributed by atoms with Gasteiger partial charge in [-0.15, -0.1) is 0 Å². The molecule has 0 saturated heterocycles. The Hall–Kier alpha value is -1.69. The predicted molar refractivity (Wildman–Crippen MR) is 102 cm³/mol. The third kappa shape index (κ3) is 5.66. The van der Waals surface area contributed by atoms with Crippen molar-refractivity contribution in [2.75, 3.05) is 6.54 Å². The molecule has 25 heavy (non-hydrogen) atoms. The molecule has 0 N–H and O–H groups in total. The van der Waals surface area contributed by atoms with Gasteiger partial charge in [0, 0.05) is 35.5 Å². The first kappa shape index (κ1) is 19.6. The number of aromatic nitrogens is 2. The molecule has 1 heterocycles. The molecule has 0 radical (unpaired) electrons. The van der Waals surface area contributed by atoms with Crippen LogP contribution in [0, 0.1) is 5.92 Å². The molecule has 5 nitrogen and oxygen atoms in total. The molecule has 1 aromatic heterocycles. The molecule has 1 aromatic carbocycles. The van der Waals surface area contributed by atoms with Gasteiger partial charge in [-0.05, 0) is 43.5 Å². The Balaban J connectivity index is 2.02. The molecule has 2 aromatic rings. The van der Waals surface area contributed by atoms with E-state index in [0.717, 1.165) is 16.5 Å². The molecule has 0 aliphatic carbocycles. The van der Waals surface area contributed by atoms with Crippen LogP contribution in [0.1, 0.15) is 46.4 Å². The lowest BCUT2D eigenvalue weighted by molar-refractivity contribution is -0.134. The average Bonchev–Trinajstić information content (AvgIpc) is 3.03. The van der Waals surface area contributed by atoms with Crippen molar-refractivity contribution in [3.05, 3.63) is 34.6 Å². The van der Waals surface area contributed by atoms with Crippen molar-refractivity contribution >= 4 is 21.8 Å². The highest BCUT2D eigenvalue weighted by molar-refractivity contribution is 9.10. The molecule has 136 valence electrons. The summed E-state index contributed by atoms with van der Waals surface area (Å²) in [6.07, 6.45) is 2.06. The Morgan fingerprint density at radius 1 is 1.24 bits per heavy atom. The lowest BCUT2D eigenvalue weighted by atomic mass is 10.1. The molecule has 6 heteroatoms. The molecule has 0 fully saturated rings. The van der Waals surface area contributed by atoms with Crippen LogP contribution in [0.5, 0.6) is 0 Å². The summed E-state index contributed by atoms with van der Waals surface area (Å²) in [7, 11) is 0. The molecule has 1 amide bonds. The first-order valence-corrected chi connectivity index (χ1v) is 9.58. The number of halogens is 1. The summed E-state index contributed by atoms with van der Waals surface area (Å²) in [5.74, 6) is 1.68. The fourth-order valence-electron chi connectivity index (χ4n) is 2.57. The summed E-state index contributed by atoms with van der Waals surface area (Å²) in [5.41, 5.74) is 0.910. The van der Waals surface area contributed by atoms with Crippen molar-refractivity contribution in [3.8, 4) is 11.4 Å². The molecule has 2 rings (SSSR count). The van der Waals surface area contributed by atoms with E-state index >= 15 is 0 Å². The molecular weight excluding hydrogens is 382 g/mol. The fraction of sp³-hybridized carbons (Fsp3) is 0.526. The van der Waals surface area contributed by atoms with Crippen molar-refractivity contribution in [2.45, 2.75) is 53.0 Å². The molecule has 0 spiro atoms. The second-order valence-corrected chi connectivity index (χ2v) is 7.63. The van der Waals surface area contributed by atoms with Gasteiger partial charge in [0.05, 0.1) is 0 Å². The minimum atomic E-state index is 0.192. The lowest BCUT2D eigenvalue weighted by Crippen LogP contribution is -2.40. The van der Waals surface area contributed by atoms with Crippen LogP contribution in [0.25, 0.3) is 11.4 Å². The number of carbonyl (C=O) groups excluding carboxylic acids is 1. The van der Waals surface area contributed by atoms with Crippen molar-refractivity contribution in [3.63, 3.8) is 0 Å². The maximum absolute atomic E-state index is 12.5. The van der Waals surface area contributed by atoms with E-state index < -0.39 is 0 Å². The monoisotopic (exact) mass is 407 g/mol. The number of nitrogens with zero attached hydrogens (tertiary/aromatic N) is 3. The highest BCUT2D eigenvalue weighted by atomic mass is 79.9. The van der Waals surface area contributed by atoms with Gasteiger partial charge in [-0.25, -0.2) is 0 Å². The second-order valence-electron chi connectivity index (χ2n) is 6.71. The highest BCUT2D eigenvalue weighted by Gasteiger charge is 2.20. The number of amides is 1. The van der Waals surface area contributed by atoms with Crippen LogP contribution >= 0.6 is 15.9 Å². The molecule has 0 aliphatic rings. The van der Waals surface area contributed by atoms with Crippen LogP contribution in [0.2, 0.25) is 0 Å². The molecule has 0 bridgehead atoms. The lowest BCUT2D eigenvalue weighted by Gasteiger charge is -2.29. The van der Waals surface area contributed by atoms with Crippen molar-refractivity contribution in [1.29, 1.82) is 0 Å². The van der Waals surface area contributed by atoms with E-state index in [2.05, 4.69) is 53.8 Å². The third-order valence-corrected chi connectivity index (χ3v) is 4.69. The van der Waals surface area contributed by atoms with Gasteiger partial charge in [0.2, 0.25) is 17.6 Å². The van der Waals surface area contributed by atoms with Crippen LogP contribution in [-0.4, -0.2) is 33.5 Å². The third-order valence-electron chi connectivity index (χ3n) is 4.16. The van der Waals surface area contributed by atoms with Crippen LogP contribution in [0.15, 0.2) is 33.3 Å². The smallest absolute Gasteiger partial charge is 0.228 e. The summed E-state index contributed by atoms with van der Waals surface area (Å²) in [6, 6.07) is 7.98. The molecule has 0 unspecified atom stereocenters. The number of hydrogen-bond acceptors (Lipinski definition) is 4. The zero-order valence-electron chi connectivity index (χ0n) is 15.3. The van der Waals surface area contributed by atoms with E-state index in [9.17, 15) is 4.79 Å². The topological polar surface area (TPSA) is 59.2 Å². The zero-order chi connectivity index (χ0) is 18.4. The van der Waals surface area contributed by atoms with Gasteiger partial charge in [-0.2, -0.15) is 4.98 Å². The van der Waals surface area contributed by atoms with Crippen molar-refractivity contribution < 1.29 is 9.32 Å². The average molecular weight is 408 g/mol. The quantitative estimate of drug-likeness (QED) is 0.635. The Kier molecular flexibility index (Phi) is 7.17. The summed E-state index contributed by atoms with van der Waals surface area (Å²) in [4.78, 5) is 18.9. The van der Waals surface area contributed by atoms with Gasteiger partial charge >= 0.3 is 0 Å². The summed E-state index contributed by atoms with van der Waals surface area (Å²) < 4.78 is 6.37. The SMILES string of the molecule is CC[C@@H](C)N(CCc1nc(-c2ccc(Br)cc2)no1)C(=O)CC(C)C. The first-order chi connectivity index (χ1) is 11.9. The second kappa shape index (κ2) is 9.13. The molecule has 0 saturated carbocycles. The Bertz CT molecular complexity index is 682. The van der Waals surface area contributed by atoms with Gasteiger partial charge < -0.3 is 9.42 Å². The van der Waals surface area contributed by atoms with Gasteiger partial charge in [0.15, 0.2) is 0 Å². The van der Waals surface area contributed by atoms with Gasteiger partial charge in [-0.3, -0.25) is 4.79 Å². The normalized spacial score (nSPS) is 12.4. The van der Waals surface area contributed by atoms with Crippen LogP contribution in [0.3, 0.4) is 0 Å². The summed E-state index contributed by atoms with van der Waals surface area (Å²) in [5, 5.41) is 4.05. The van der Waals surface area contributed by atoms with Crippen LogP contribution in [-0.2, 0) is 11.2 Å². The Labute approximate surface area is 157 Å². The zero-order valence-corrected chi connectivity index (χ0v) is 16.9. The number of benzene rings is 1. The minimum Gasteiger partial charge on any atom is -0.339 e. The van der Waals surface area contributed by atoms with Gasteiger partial charge in [0.25, 0.3) is 0 Å². The summed E-state index contributed by atoms with van der Waals surface area (Å²) in [6.45, 7) is 8.91. The van der Waals surface area contributed by atoms with Gasteiger partial charge in [-0.1, -0.05) is 41.9 Å². The van der Waals surface area contributed by atoms with E-state index in [1.807, 2.05) is 29.2 Å². The predicted octanol–water partition coefficient (Wildman–Crippen LogP) is 4.71. The molecule has 0 aliphatic heterocycles. The van der Waals surface area contributed by atoms with E-state index in [-0.39, 0.29) is 11.9 Å². The maximum Gasteiger partial charge on any atom is 0.228 e. The number of hydrogen-bond donors (Lipinski definition) is 0. The molecular formula is C19H26BrN3O2. The van der Waals surface area contributed by atoms with Crippen molar-refractivity contribution in [2.24, 2.45) is 5.92 Å². The highest BCUT2D eigenvalue weighted by Crippen LogP contribution is 2.19. The largest absolute Gasteiger partial charge is 0.339 e. The number of carbonyl (C=O) groups is 1. The number of rotatable bonds is 8. The minimum absolute atomic E-state index is 0.192. The first-order valence-electron chi connectivity index (χ1n) is 8.78.